The van der Waals surface area contributed by atoms with Crippen LogP contribution in [0.3, 0.4) is 0 Å². The molecule has 6 heteroatoms. The molecule has 0 bridgehead atoms. The fraction of sp³-hybridized carbons (Fsp3) is 0.278. The molecule has 0 aliphatic carbocycles. The van der Waals surface area contributed by atoms with Gasteiger partial charge in [0.25, 0.3) is 5.91 Å². The summed E-state index contributed by atoms with van der Waals surface area (Å²) in [6, 6.07) is 35.7. The number of amides is 1. The van der Waals surface area contributed by atoms with Crippen molar-refractivity contribution in [2.75, 3.05) is 19.7 Å². The van der Waals surface area contributed by atoms with Crippen molar-refractivity contribution in [1.82, 2.24) is 9.80 Å². The molecular formula is C36H40N2O4. The highest BCUT2D eigenvalue weighted by Crippen LogP contribution is 2.23. The largest absolute Gasteiger partial charge is 0.492 e. The number of nitrogens with zero attached hydrogens (tertiary/aromatic N) is 2. The average Bonchev–Trinajstić information content (AvgIpc) is 2.97. The number of carboxylic acids is 1. The van der Waals surface area contributed by atoms with E-state index in [1.54, 1.807) is 18.2 Å². The van der Waals surface area contributed by atoms with E-state index in [1.807, 2.05) is 66.7 Å². The standard InChI is InChI=1S/C36H40N2O4/c1-36(2,3)32-19-17-30(18-20-32)26-38(27-34(39)40)35(41)31-15-10-16-33(23-31)42-22-21-37(24-28-11-6-4-7-12-28)25-29-13-8-5-9-14-29/h4-20,23H,21-22,24-27H2,1-3H3,(H,39,40). The number of carbonyl (C=O) groups excluding carboxylic acids is 1. The summed E-state index contributed by atoms with van der Waals surface area (Å²) in [6.07, 6.45) is 0. The molecule has 0 aromatic heterocycles. The molecular weight excluding hydrogens is 524 g/mol. The van der Waals surface area contributed by atoms with Crippen LogP contribution in [0.4, 0.5) is 0 Å². The van der Waals surface area contributed by atoms with Crippen molar-refractivity contribution in [2.45, 2.75) is 45.8 Å². The van der Waals surface area contributed by atoms with E-state index in [9.17, 15) is 14.7 Å². The molecule has 0 atom stereocenters. The fourth-order valence-corrected chi connectivity index (χ4v) is 4.78. The van der Waals surface area contributed by atoms with Gasteiger partial charge in [-0.05, 0) is 45.9 Å². The zero-order valence-corrected chi connectivity index (χ0v) is 24.7. The van der Waals surface area contributed by atoms with Crippen molar-refractivity contribution in [3.05, 3.63) is 137 Å². The number of ether oxygens (including phenoxy) is 1. The Morgan fingerprint density at radius 3 is 1.83 bits per heavy atom. The number of aliphatic carboxylic acids is 1. The highest BCUT2D eigenvalue weighted by atomic mass is 16.5. The minimum atomic E-state index is -1.06. The Morgan fingerprint density at radius 1 is 0.714 bits per heavy atom. The normalized spacial score (nSPS) is 11.3. The van der Waals surface area contributed by atoms with Gasteiger partial charge in [0.15, 0.2) is 0 Å². The van der Waals surface area contributed by atoms with Crippen LogP contribution in [0.25, 0.3) is 0 Å². The molecule has 0 spiro atoms. The summed E-state index contributed by atoms with van der Waals surface area (Å²) >= 11 is 0. The molecule has 6 nitrogen and oxygen atoms in total. The molecule has 218 valence electrons. The summed E-state index contributed by atoms with van der Waals surface area (Å²) in [5.41, 5.74) is 4.92. The van der Waals surface area contributed by atoms with Crippen LogP contribution >= 0.6 is 0 Å². The number of hydrogen-bond acceptors (Lipinski definition) is 4. The van der Waals surface area contributed by atoms with Crippen LogP contribution in [0.2, 0.25) is 0 Å². The van der Waals surface area contributed by atoms with E-state index in [2.05, 4.69) is 49.9 Å². The lowest BCUT2D eigenvalue weighted by Crippen LogP contribution is -2.35. The van der Waals surface area contributed by atoms with Crippen LogP contribution in [-0.2, 0) is 29.8 Å². The molecule has 0 radical (unpaired) electrons. The number of benzene rings is 4. The summed E-state index contributed by atoms with van der Waals surface area (Å²) in [7, 11) is 0. The Bertz CT molecular complexity index is 1390. The molecule has 0 aliphatic heterocycles. The average molecular weight is 565 g/mol. The Labute approximate surface area is 249 Å². The van der Waals surface area contributed by atoms with E-state index in [4.69, 9.17) is 4.74 Å². The molecule has 1 amide bonds. The Kier molecular flexibility index (Phi) is 10.5. The van der Waals surface area contributed by atoms with Gasteiger partial charge in [-0.3, -0.25) is 14.5 Å². The van der Waals surface area contributed by atoms with Gasteiger partial charge in [-0.1, -0.05) is 112 Å². The van der Waals surface area contributed by atoms with Crippen molar-refractivity contribution < 1.29 is 19.4 Å². The molecule has 4 aromatic carbocycles. The molecule has 42 heavy (non-hydrogen) atoms. The van der Waals surface area contributed by atoms with Crippen LogP contribution in [0.5, 0.6) is 5.75 Å². The molecule has 4 rings (SSSR count). The van der Waals surface area contributed by atoms with E-state index in [1.165, 1.54) is 21.6 Å². The van der Waals surface area contributed by atoms with Gasteiger partial charge in [0.1, 0.15) is 18.9 Å². The number of hydrogen-bond donors (Lipinski definition) is 1. The smallest absolute Gasteiger partial charge is 0.323 e. The first kappa shape index (κ1) is 30.5. The van der Waals surface area contributed by atoms with Crippen LogP contribution in [0, 0.1) is 0 Å². The number of carboxylic acid groups (broad SMARTS) is 1. The highest BCUT2D eigenvalue weighted by molar-refractivity contribution is 5.96. The maximum atomic E-state index is 13.5. The molecule has 0 aliphatic rings. The van der Waals surface area contributed by atoms with E-state index < -0.39 is 12.5 Å². The van der Waals surface area contributed by atoms with Crippen LogP contribution < -0.4 is 4.74 Å². The topological polar surface area (TPSA) is 70.1 Å². The lowest BCUT2D eigenvalue weighted by Gasteiger charge is -2.23. The second-order valence-corrected chi connectivity index (χ2v) is 11.6. The van der Waals surface area contributed by atoms with Gasteiger partial charge in [-0.25, -0.2) is 0 Å². The monoisotopic (exact) mass is 564 g/mol. The Hall–Kier alpha value is -4.42. The van der Waals surface area contributed by atoms with Crippen LogP contribution in [-0.4, -0.2) is 46.5 Å². The summed E-state index contributed by atoms with van der Waals surface area (Å²) in [5.74, 6) is -0.832. The first-order valence-corrected chi connectivity index (χ1v) is 14.3. The molecule has 0 saturated heterocycles. The van der Waals surface area contributed by atoms with Crippen molar-refractivity contribution in [2.24, 2.45) is 0 Å². The van der Waals surface area contributed by atoms with Gasteiger partial charge in [0.2, 0.25) is 0 Å². The lowest BCUT2D eigenvalue weighted by atomic mass is 9.87. The highest BCUT2D eigenvalue weighted by Gasteiger charge is 2.20. The van der Waals surface area contributed by atoms with E-state index in [0.29, 0.717) is 24.5 Å². The Morgan fingerprint density at radius 2 is 1.29 bits per heavy atom. The van der Waals surface area contributed by atoms with Gasteiger partial charge in [-0.15, -0.1) is 0 Å². The van der Waals surface area contributed by atoms with Crippen molar-refractivity contribution in [3.8, 4) is 5.75 Å². The molecule has 1 N–H and O–H groups in total. The molecule has 0 fully saturated rings. The van der Waals surface area contributed by atoms with Gasteiger partial charge in [0.05, 0.1) is 0 Å². The maximum Gasteiger partial charge on any atom is 0.323 e. The van der Waals surface area contributed by atoms with Gasteiger partial charge in [-0.2, -0.15) is 0 Å². The number of carbonyl (C=O) groups is 2. The van der Waals surface area contributed by atoms with Crippen molar-refractivity contribution >= 4 is 11.9 Å². The summed E-state index contributed by atoms with van der Waals surface area (Å²) in [5, 5.41) is 9.52. The summed E-state index contributed by atoms with van der Waals surface area (Å²) in [6.45, 7) is 8.95. The SMILES string of the molecule is CC(C)(C)c1ccc(CN(CC(=O)O)C(=O)c2cccc(OCCN(Cc3ccccc3)Cc3ccccc3)c2)cc1. The zero-order valence-electron chi connectivity index (χ0n) is 24.7. The quantitative estimate of drug-likeness (QED) is 0.194. The molecule has 0 saturated carbocycles. The lowest BCUT2D eigenvalue weighted by molar-refractivity contribution is -0.137. The third-order valence-electron chi connectivity index (χ3n) is 7.06. The zero-order chi connectivity index (χ0) is 30.0. The maximum absolute atomic E-state index is 13.5. The first-order valence-electron chi connectivity index (χ1n) is 14.3. The van der Waals surface area contributed by atoms with E-state index in [0.717, 1.165) is 18.7 Å². The second kappa shape index (κ2) is 14.5. The van der Waals surface area contributed by atoms with Crippen LogP contribution in [0.15, 0.2) is 109 Å². The predicted octanol–water partition coefficient (Wildman–Crippen LogP) is 6.79. The van der Waals surface area contributed by atoms with Gasteiger partial charge in [0, 0.05) is 31.7 Å². The van der Waals surface area contributed by atoms with E-state index in [-0.39, 0.29) is 17.9 Å². The van der Waals surface area contributed by atoms with Gasteiger partial charge >= 0.3 is 5.97 Å². The Balaban J connectivity index is 1.41. The fourth-order valence-electron chi connectivity index (χ4n) is 4.78. The molecule has 4 aromatic rings. The third kappa shape index (κ3) is 9.32. The predicted molar refractivity (Wildman–Crippen MR) is 166 cm³/mol. The van der Waals surface area contributed by atoms with Crippen molar-refractivity contribution in [3.63, 3.8) is 0 Å². The van der Waals surface area contributed by atoms with Crippen molar-refractivity contribution in [1.29, 1.82) is 0 Å². The second-order valence-electron chi connectivity index (χ2n) is 11.6. The first-order chi connectivity index (χ1) is 20.2. The summed E-state index contributed by atoms with van der Waals surface area (Å²) in [4.78, 5) is 28.8. The third-order valence-corrected chi connectivity index (χ3v) is 7.06. The molecule has 0 unspecified atom stereocenters. The summed E-state index contributed by atoms with van der Waals surface area (Å²) < 4.78 is 6.10. The minimum absolute atomic E-state index is 0.00959. The molecule has 0 heterocycles. The van der Waals surface area contributed by atoms with Crippen LogP contribution in [0.1, 0.15) is 53.4 Å². The van der Waals surface area contributed by atoms with E-state index >= 15 is 0 Å². The number of rotatable bonds is 13. The minimum Gasteiger partial charge on any atom is -0.492 e. The van der Waals surface area contributed by atoms with Gasteiger partial charge < -0.3 is 14.7 Å².